The maximum atomic E-state index is 12.0. The van der Waals surface area contributed by atoms with Gasteiger partial charge in [0.05, 0.1) is 7.11 Å². The summed E-state index contributed by atoms with van der Waals surface area (Å²) in [7, 11) is 1.34. The van der Waals surface area contributed by atoms with Crippen molar-refractivity contribution < 1.29 is 19.1 Å². The van der Waals surface area contributed by atoms with Crippen LogP contribution in [-0.2, 0) is 14.3 Å². The first-order valence-electron chi connectivity index (χ1n) is 6.97. The molecule has 1 saturated heterocycles. The van der Waals surface area contributed by atoms with Crippen LogP contribution in [0.4, 0.5) is 4.79 Å². The Morgan fingerprint density at radius 1 is 1.35 bits per heavy atom. The molecule has 1 aliphatic rings. The van der Waals surface area contributed by atoms with Gasteiger partial charge >= 0.3 is 12.1 Å². The van der Waals surface area contributed by atoms with E-state index in [0.717, 1.165) is 0 Å². The zero-order valence-corrected chi connectivity index (χ0v) is 13.0. The van der Waals surface area contributed by atoms with Crippen LogP contribution >= 0.6 is 0 Å². The van der Waals surface area contributed by atoms with Crippen LogP contribution in [0.15, 0.2) is 0 Å². The largest absolute Gasteiger partial charge is 0.468 e. The molecule has 1 heterocycles. The molecule has 1 rings (SSSR count). The van der Waals surface area contributed by atoms with E-state index >= 15 is 0 Å². The van der Waals surface area contributed by atoms with Crippen molar-refractivity contribution in [2.75, 3.05) is 20.2 Å². The molecule has 0 aromatic carbocycles. The van der Waals surface area contributed by atoms with Crippen LogP contribution in [0.3, 0.4) is 0 Å². The number of hydrogen-bond acceptors (Lipinski definition) is 5. The SMILES string of the molecule is COC(=O)C(N)C1CCN(C(=O)OC(C)(C)C)CC1C. The van der Waals surface area contributed by atoms with E-state index in [9.17, 15) is 9.59 Å². The minimum Gasteiger partial charge on any atom is -0.468 e. The van der Waals surface area contributed by atoms with Gasteiger partial charge < -0.3 is 20.1 Å². The van der Waals surface area contributed by atoms with Gasteiger partial charge in [0, 0.05) is 13.1 Å². The monoisotopic (exact) mass is 286 g/mol. The van der Waals surface area contributed by atoms with E-state index in [1.54, 1.807) is 4.90 Å². The first-order valence-corrected chi connectivity index (χ1v) is 6.97. The number of ether oxygens (including phenoxy) is 2. The number of nitrogens with two attached hydrogens (primary N) is 1. The minimum absolute atomic E-state index is 0.0288. The first-order chi connectivity index (χ1) is 9.15. The molecule has 0 bridgehead atoms. The van der Waals surface area contributed by atoms with Gasteiger partial charge in [-0.25, -0.2) is 4.79 Å². The quantitative estimate of drug-likeness (QED) is 0.775. The highest BCUT2D eigenvalue weighted by molar-refractivity contribution is 5.76. The Morgan fingerprint density at radius 2 is 1.95 bits per heavy atom. The summed E-state index contributed by atoms with van der Waals surface area (Å²) in [6, 6.07) is -0.629. The average Bonchev–Trinajstić information content (AvgIpc) is 2.34. The number of nitrogens with zero attached hydrogens (tertiary/aromatic N) is 1. The van der Waals surface area contributed by atoms with Crippen molar-refractivity contribution in [3.8, 4) is 0 Å². The Hall–Kier alpha value is -1.30. The summed E-state index contributed by atoms with van der Waals surface area (Å²) in [5.74, 6) is -0.237. The zero-order chi connectivity index (χ0) is 15.5. The van der Waals surface area contributed by atoms with Crippen molar-refractivity contribution in [1.82, 2.24) is 4.90 Å². The van der Waals surface area contributed by atoms with Gasteiger partial charge in [-0.15, -0.1) is 0 Å². The lowest BCUT2D eigenvalue weighted by atomic mass is 9.82. The summed E-state index contributed by atoms with van der Waals surface area (Å²) in [6.45, 7) is 8.61. The minimum atomic E-state index is -0.629. The second kappa shape index (κ2) is 6.43. The molecule has 1 aliphatic heterocycles. The number of carbonyl (C=O) groups excluding carboxylic acids is 2. The normalized spacial score (nSPS) is 25.0. The number of methoxy groups -OCH3 is 1. The first kappa shape index (κ1) is 16.8. The molecule has 0 radical (unpaired) electrons. The van der Waals surface area contributed by atoms with Crippen LogP contribution in [0, 0.1) is 11.8 Å². The molecule has 2 N–H and O–H groups in total. The molecule has 6 heteroatoms. The molecule has 3 atom stereocenters. The standard InChI is InChI=1S/C14H26N2O4/c1-9-8-16(13(18)20-14(2,3)4)7-6-10(9)11(15)12(17)19-5/h9-11H,6-8,15H2,1-5H3. The Labute approximate surface area is 120 Å². The van der Waals surface area contributed by atoms with Crippen molar-refractivity contribution in [2.24, 2.45) is 17.6 Å². The fourth-order valence-electron chi connectivity index (χ4n) is 2.50. The van der Waals surface area contributed by atoms with Crippen molar-refractivity contribution in [3.63, 3.8) is 0 Å². The lowest BCUT2D eigenvalue weighted by molar-refractivity contribution is -0.144. The predicted molar refractivity (Wildman–Crippen MR) is 75.1 cm³/mol. The predicted octanol–water partition coefficient (Wildman–Crippen LogP) is 1.38. The second-order valence-electron chi connectivity index (χ2n) is 6.41. The number of esters is 1. The summed E-state index contributed by atoms with van der Waals surface area (Å²) in [5.41, 5.74) is 5.41. The summed E-state index contributed by atoms with van der Waals surface area (Å²) in [6.07, 6.45) is 0.367. The fraction of sp³-hybridized carbons (Fsp3) is 0.857. The maximum absolute atomic E-state index is 12.0. The van der Waals surface area contributed by atoms with E-state index < -0.39 is 17.6 Å². The van der Waals surface area contributed by atoms with Gasteiger partial charge in [0.1, 0.15) is 11.6 Å². The summed E-state index contributed by atoms with van der Waals surface area (Å²) in [5, 5.41) is 0. The maximum Gasteiger partial charge on any atom is 0.410 e. The number of hydrogen-bond donors (Lipinski definition) is 1. The van der Waals surface area contributed by atoms with Crippen LogP contribution in [0.1, 0.15) is 34.1 Å². The number of likely N-dealkylation sites (tertiary alicyclic amines) is 1. The Kier molecular flexibility index (Phi) is 5.39. The van der Waals surface area contributed by atoms with Gasteiger partial charge in [0.25, 0.3) is 0 Å². The molecular weight excluding hydrogens is 260 g/mol. The summed E-state index contributed by atoms with van der Waals surface area (Å²) >= 11 is 0. The van der Waals surface area contributed by atoms with Crippen LogP contribution in [0.2, 0.25) is 0 Å². The highest BCUT2D eigenvalue weighted by Gasteiger charge is 2.36. The van der Waals surface area contributed by atoms with Crippen molar-refractivity contribution in [1.29, 1.82) is 0 Å². The third kappa shape index (κ3) is 4.37. The molecule has 116 valence electrons. The number of rotatable bonds is 2. The van der Waals surface area contributed by atoms with Crippen molar-refractivity contribution in [3.05, 3.63) is 0 Å². The second-order valence-corrected chi connectivity index (χ2v) is 6.41. The number of amides is 1. The molecule has 0 aromatic heterocycles. The van der Waals surface area contributed by atoms with E-state index in [1.807, 2.05) is 27.7 Å². The van der Waals surface area contributed by atoms with Gasteiger partial charge in [0.2, 0.25) is 0 Å². The molecule has 6 nitrogen and oxygen atoms in total. The number of piperidine rings is 1. The molecule has 1 fully saturated rings. The molecule has 0 aromatic rings. The molecule has 0 saturated carbocycles. The lowest BCUT2D eigenvalue weighted by Crippen LogP contribution is -2.51. The van der Waals surface area contributed by atoms with Gasteiger partial charge in [-0.3, -0.25) is 4.79 Å². The molecular formula is C14H26N2O4. The zero-order valence-electron chi connectivity index (χ0n) is 13.0. The molecule has 3 unspecified atom stereocenters. The smallest absolute Gasteiger partial charge is 0.410 e. The Morgan fingerprint density at radius 3 is 2.40 bits per heavy atom. The third-order valence-electron chi connectivity index (χ3n) is 3.56. The average molecular weight is 286 g/mol. The van der Waals surface area contributed by atoms with Crippen LogP contribution in [-0.4, -0.2) is 48.8 Å². The lowest BCUT2D eigenvalue weighted by Gasteiger charge is -2.39. The summed E-state index contributed by atoms with van der Waals surface area (Å²) in [4.78, 5) is 25.2. The van der Waals surface area contributed by atoms with Crippen molar-refractivity contribution >= 4 is 12.1 Å². The number of carbonyl (C=O) groups is 2. The highest BCUT2D eigenvalue weighted by Crippen LogP contribution is 2.27. The van der Waals surface area contributed by atoms with Crippen molar-refractivity contribution in [2.45, 2.75) is 45.8 Å². The Bertz CT molecular complexity index is 365. The van der Waals surface area contributed by atoms with E-state index in [2.05, 4.69) is 4.74 Å². The molecule has 20 heavy (non-hydrogen) atoms. The highest BCUT2D eigenvalue weighted by atomic mass is 16.6. The van der Waals surface area contributed by atoms with Gasteiger partial charge in [-0.1, -0.05) is 6.92 Å². The van der Waals surface area contributed by atoms with Crippen LogP contribution in [0.5, 0.6) is 0 Å². The summed E-state index contributed by atoms with van der Waals surface area (Å²) < 4.78 is 10.0. The molecule has 0 aliphatic carbocycles. The fourth-order valence-corrected chi connectivity index (χ4v) is 2.50. The topological polar surface area (TPSA) is 81.9 Å². The van der Waals surface area contributed by atoms with Crippen LogP contribution < -0.4 is 5.73 Å². The van der Waals surface area contributed by atoms with Gasteiger partial charge in [-0.2, -0.15) is 0 Å². The van der Waals surface area contributed by atoms with Gasteiger partial charge in [-0.05, 0) is 39.0 Å². The molecule has 1 amide bonds. The third-order valence-corrected chi connectivity index (χ3v) is 3.56. The van der Waals surface area contributed by atoms with Crippen LogP contribution in [0.25, 0.3) is 0 Å². The van der Waals surface area contributed by atoms with Gasteiger partial charge in [0.15, 0.2) is 0 Å². The molecule has 0 spiro atoms. The van der Waals surface area contributed by atoms with E-state index in [0.29, 0.717) is 19.5 Å². The van der Waals surface area contributed by atoms with E-state index in [1.165, 1.54) is 7.11 Å². The Balaban J connectivity index is 2.59. The van der Waals surface area contributed by atoms with E-state index in [4.69, 9.17) is 10.5 Å². The van der Waals surface area contributed by atoms with E-state index in [-0.39, 0.29) is 17.9 Å².